The Balaban J connectivity index is 0.000000347. The molecule has 0 aromatic rings. The number of hydrogen-bond acceptors (Lipinski definition) is 12. The maximum Gasteiger partial charge on any atom is 2.00 e. The first-order valence-corrected chi connectivity index (χ1v) is 16.7. The maximum atomic E-state index is 12.2. The summed E-state index contributed by atoms with van der Waals surface area (Å²) < 4.78 is 20.3. The van der Waals surface area contributed by atoms with Gasteiger partial charge in [-0.25, -0.2) is 19.6 Å². The van der Waals surface area contributed by atoms with Gasteiger partial charge in [0.05, 0.1) is 70.5 Å². The van der Waals surface area contributed by atoms with Gasteiger partial charge in [0.15, 0.2) is 0 Å². The van der Waals surface area contributed by atoms with Crippen LogP contribution in [0.3, 0.4) is 0 Å². The Labute approximate surface area is 318 Å². The third-order valence-corrected chi connectivity index (χ3v) is 8.34. The molecule has 15 heteroatoms. The zero-order chi connectivity index (χ0) is 37.4. The molecule has 0 fully saturated rings. The number of ether oxygens (including phenoxy) is 4. The second kappa shape index (κ2) is 18.9. The quantitative estimate of drug-likeness (QED) is 0.121. The van der Waals surface area contributed by atoms with Crippen LogP contribution in [0, 0.1) is 0 Å². The molecule has 0 aromatic carbocycles. The third kappa shape index (κ3) is 9.58. The van der Waals surface area contributed by atoms with E-state index in [0.717, 1.165) is 0 Å². The van der Waals surface area contributed by atoms with E-state index in [1.54, 1.807) is 81.4 Å². The molecule has 0 radical (unpaired) electrons. The predicted octanol–water partition coefficient (Wildman–Crippen LogP) is 5.51. The van der Waals surface area contributed by atoms with Gasteiger partial charge in [0, 0.05) is 11.1 Å². The average Bonchev–Trinajstić information content (AvgIpc) is 3.69. The molecule has 0 amide bonds. The van der Waals surface area contributed by atoms with Gasteiger partial charge in [-0.2, -0.15) is 0 Å². The first kappa shape index (κ1) is 43.0. The standard InChI is InChI=1S/2C18H21ClN2O4.Ni/c2*1-6-24-17(22)14-9(3)12(20-11(14)5)8-13-15(18(23)25-7-2)10(4)16(19)21-13;/h2*8,23H,6-7H2,1-5H3;/q;;+2/p-2/b2*12-8-,18-15+;. The summed E-state index contributed by atoms with van der Waals surface area (Å²) in [6, 6.07) is 0. The number of esters is 2. The summed E-state index contributed by atoms with van der Waals surface area (Å²) in [4.78, 5) is 41.4. The van der Waals surface area contributed by atoms with Crippen molar-refractivity contribution < 1.29 is 55.2 Å². The van der Waals surface area contributed by atoms with Gasteiger partial charge in [0.1, 0.15) is 10.3 Å². The molecule has 0 aliphatic carbocycles. The molecular formula is C36H40Cl2N4NiO8. The van der Waals surface area contributed by atoms with E-state index in [0.29, 0.717) is 78.8 Å². The average molecular weight is 786 g/mol. The number of allylic oxidation sites excluding steroid dienone is 8. The van der Waals surface area contributed by atoms with Crippen LogP contribution >= 0.6 is 23.2 Å². The summed E-state index contributed by atoms with van der Waals surface area (Å²) in [5.74, 6) is -1.81. The van der Waals surface area contributed by atoms with Crippen LogP contribution in [-0.2, 0) is 45.0 Å². The van der Waals surface area contributed by atoms with Crippen molar-refractivity contribution in [3.05, 3.63) is 90.3 Å². The van der Waals surface area contributed by atoms with Crippen molar-refractivity contribution in [3.8, 4) is 0 Å². The van der Waals surface area contributed by atoms with Crippen LogP contribution in [0.2, 0.25) is 0 Å². The van der Waals surface area contributed by atoms with E-state index >= 15 is 0 Å². The van der Waals surface area contributed by atoms with Crippen LogP contribution in [-0.4, -0.2) is 61.2 Å². The van der Waals surface area contributed by atoms with Crippen molar-refractivity contribution in [2.24, 2.45) is 20.0 Å². The molecule has 0 N–H and O–H groups in total. The Bertz CT molecular complexity index is 1740. The maximum absolute atomic E-state index is 12.2. The number of halogens is 2. The summed E-state index contributed by atoms with van der Waals surface area (Å²) >= 11 is 12.2. The van der Waals surface area contributed by atoms with Crippen molar-refractivity contribution in [2.45, 2.75) is 69.2 Å². The Morgan fingerprint density at radius 2 is 0.882 bits per heavy atom. The molecule has 4 aliphatic rings. The van der Waals surface area contributed by atoms with Gasteiger partial charge in [-0.05, 0) is 103 Å². The fraction of sp³-hybridized carbons (Fsp3) is 0.389. The van der Waals surface area contributed by atoms with E-state index in [1.807, 2.05) is 0 Å². The molecule has 4 rings (SSSR count). The molecule has 0 atom stereocenters. The molecule has 0 unspecified atom stereocenters. The smallest absolute Gasteiger partial charge is 0.613 e. The van der Waals surface area contributed by atoms with E-state index < -0.39 is 23.8 Å². The normalized spacial score (nSPS) is 20.5. The Kier molecular flexibility index (Phi) is 15.9. The largest absolute Gasteiger partial charge is 2.00 e. The van der Waals surface area contributed by atoms with E-state index in [9.17, 15) is 19.8 Å². The van der Waals surface area contributed by atoms with Crippen LogP contribution in [0.5, 0.6) is 0 Å². The topological polar surface area (TPSA) is 167 Å². The van der Waals surface area contributed by atoms with Crippen LogP contribution in [0.25, 0.3) is 0 Å². The minimum Gasteiger partial charge on any atom is -0.613 e. The van der Waals surface area contributed by atoms with E-state index in [2.05, 4.69) is 20.0 Å². The molecule has 0 aromatic heterocycles. The van der Waals surface area contributed by atoms with Crippen LogP contribution in [0.1, 0.15) is 69.2 Å². The van der Waals surface area contributed by atoms with Gasteiger partial charge in [-0.1, -0.05) is 37.0 Å². The van der Waals surface area contributed by atoms with Gasteiger partial charge in [-0.3, -0.25) is 9.98 Å². The van der Waals surface area contributed by atoms with Crippen molar-refractivity contribution in [1.82, 2.24) is 0 Å². The number of carbonyl (C=O) groups excluding carboxylic acids is 2. The predicted molar refractivity (Wildman–Crippen MR) is 190 cm³/mol. The SMILES string of the molecule is CCOC(=O)C1=C(C)/C(=C/C2=NC(Cl)=C(C)/C2=C(/[O-])OCC)N=C1C.CCOC(=O)C1=C(C)/C(=C/C2=NC(Cl)=C(C)/C2=C(/[O-])OCC)N=C1C.[Ni+2]. The molecule has 0 saturated heterocycles. The van der Waals surface area contributed by atoms with Crippen molar-refractivity contribution in [1.29, 1.82) is 0 Å². The summed E-state index contributed by atoms with van der Waals surface area (Å²) in [5, 5.41) is 24.9. The van der Waals surface area contributed by atoms with Gasteiger partial charge in [0.25, 0.3) is 0 Å². The van der Waals surface area contributed by atoms with Gasteiger partial charge in [0.2, 0.25) is 0 Å². The molecule has 51 heavy (non-hydrogen) atoms. The molecule has 276 valence electrons. The molecule has 4 heterocycles. The van der Waals surface area contributed by atoms with E-state index in [4.69, 9.17) is 42.1 Å². The fourth-order valence-electron chi connectivity index (χ4n) is 5.20. The first-order valence-electron chi connectivity index (χ1n) is 15.9. The molecule has 0 saturated carbocycles. The van der Waals surface area contributed by atoms with Gasteiger partial charge >= 0.3 is 28.4 Å². The Morgan fingerprint density at radius 3 is 1.18 bits per heavy atom. The zero-order valence-electron chi connectivity index (χ0n) is 30.1. The van der Waals surface area contributed by atoms with Crippen LogP contribution in [0.4, 0.5) is 0 Å². The first-order chi connectivity index (χ1) is 23.6. The fourth-order valence-corrected chi connectivity index (χ4v) is 5.57. The van der Waals surface area contributed by atoms with Crippen molar-refractivity contribution >= 4 is 58.0 Å². The molecule has 0 spiro atoms. The van der Waals surface area contributed by atoms with Gasteiger partial charge < -0.3 is 29.2 Å². The summed E-state index contributed by atoms with van der Waals surface area (Å²) in [5.41, 5.74) is 6.88. The number of carbonyl (C=O) groups is 2. The van der Waals surface area contributed by atoms with Gasteiger partial charge in [-0.15, -0.1) is 0 Å². The number of hydrogen-bond donors (Lipinski definition) is 0. The van der Waals surface area contributed by atoms with Crippen molar-refractivity contribution in [2.75, 3.05) is 26.4 Å². The number of aliphatic imine (C=N–C) groups is 4. The second-order valence-electron chi connectivity index (χ2n) is 10.9. The minimum absolute atomic E-state index is 0. The monoisotopic (exact) mass is 784 g/mol. The summed E-state index contributed by atoms with van der Waals surface area (Å²) in [6.07, 6.45) is 3.27. The van der Waals surface area contributed by atoms with E-state index in [1.165, 1.54) is 0 Å². The molecule has 0 bridgehead atoms. The summed E-state index contributed by atoms with van der Waals surface area (Å²) in [6.45, 7) is 18.5. The molecular weight excluding hydrogens is 746 g/mol. The summed E-state index contributed by atoms with van der Waals surface area (Å²) in [7, 11) is 0. The molecule has 12 nitrogen and oxygen atoms in total. The third-order valence-electron chi connectivity index (χ3n) is 7.60. The van der Waals surface area contributed by atoms with Crippen molar-refractivity contribution in [3.63, 3.8) is 0 Å². The number of nitrogens with zero attached hydrogens (tertiary/aromatic N) is 4. The van der Waals surface area contributed by atoms with Crippen LogP contribution < -0.4 is 10.2 Å². The minimum atomic E-state index is -0.489. The zero-order valence-corrected chi connectivity index (χ0v) is 32.6. The number of rotatable bonds is 10. The second-order valence-corrected chi connectivity index (χ2v) is 11.6. The van der Waals surface area contributed by atoms with E-state index in [-0.39, 0.29) is 53.2 Å². The Morgan fingerprint density at radius 1 is 0.569 bits per heavy atom. The van der Waals surface area contributed by atoms with Crippen LogP contribution in [0.15, 0.2) is 110 Å². The Hall–Kier alpha value is -4.19. The molecule has 4 aliphatic heterocycles.